The first kappa shape index (κ1) is 19.4. The minimum absolute atomic E-state index is 0.357. The smallest absolute Gasteiger partial charge is 0.233 e. The Labute approximate surface area is 156 Å². The van der Waals surface area contributed by atoms with E-state index >= 15 is 0 Å². The van der Waals surface area contributed by atoms with Gasteiger partial charge in [-0.2, -0.15) is 0 Å². The Morgan fingerprint density at radius 1 is 0.885 bits per heavy atom. The Morgan fingerprint density at radius 3 is 2.15 bits per heavy atom. The molecule has 8 heteroatoms. The highest BCUT2D eigenvalue weighted by atomic mass is 35.5. The second-order valence-electron chi connectivity index (χ2n) is 5.19. The zero-order chi connectivity index (χ0) is 19.1. The second kappa shape index (κ2) is 8.96. The van der Waals surface area contributed by atoms with Crippen LogP contribution in [-0.2, 0) is 9.59 Å². The third kappa shape index (κ3) is 5.03. The van der Waals surface area contributed by atoms with Gasteiger partial charge in [-0.05, 0) is 30.3 Å². The summed E-state index contributed by atoms with van der Waals surface area (Å²) in [5, 5.41) is 5.60. The van der Waals surface area contributed by atoms with Gasteiger partial charge in [-0.15, -0.1) is 0 Å². The largest absolute Gasteiger partial charge is 0.497 e. The molecule has 0 radical (unpaired) electrons. The summed E-state index contributed by atoms with van der Waals surface area (Å²) >= 11 is 6.01. The predicted molar refractivity (Wildman–Crippen MR) is 99.4 cm³/mol. The van der Waals surface area contributed by atoms with Crippen LogP contribution in [-0.4, -0.2) is 33.1 Å². The Kier molecular flexibility index (Phi) is 6.68. The summed E-state index contributed by atoms with van der Waals surface area (Å²) in [4.78, 5) is 24.2. The van der Waals surface area contributed by atoms with Gasteiger partial charge < -0.3 is 24.8 Å². The predicted octanol–water partition coefficient (Wildman–Crippen LogP) is 3.33. The molecule has 0 unspecified atom stereocenters. The molecule has 0 aliphatic heterocycles. The fourth-order valence-electron chi connectivity index (χ4n) is 2.20. The molecule has 0 heterocycles. The molecule has 0 saturated heterocycles. The van der Waals surface area contributed by atoms with Crippen LogP contribution in [0.2, 0.25) is 5.02 Å². The van der Waals surface area contributed by atoms with Gasteiger partial charge in [0.05, 0.1) is 32.0 Å². The van der Waals surface area contributed by atoms with Crippen LogP contribution in [0.15, 0.2) is 36.4 Å². The normalized spacial score (nSPS) is 10.0. The van der Waals surface area contributed by atoms with Crippen LogP contribution in [0.1, 0.15) is 6.42 Å². The van der Waals surface area contributed by atoms with E-state index in [-0.39, 0.29) is 6.42 Å². The maximum absolute atomic E-state index is 12.1. The van der Waals surface area contributed by atoms with Crippen molar-refractivity contribution in [3.05, 3.63) is 41.4 Å². The number of benzene rings is 2. The van der Waals surface area contributed by atoms with Gasteiger partial charge in [0.25, 0.3) is 0 Å². The number of hydrogen-bond acceptors (Lipinski definition) is 5. The third-order valence-corrected chi connectivity index (χ3v) is 3.73. The van der Waals surface area contributed by atoms with Gasteiger partial charge in [-0.1, -0.05) is 11.6 Å². The first-order valence-electron chi connectivity index (χ1n) is 7.62. The van der Waals surface area contributed by atoms with Crippen molar-refractivity contribution >= 4 is 34.8 Å². The fourth-order valence-corrected chi connectivity index (χ4v) is 2.46. The van der Waals surface area contributed by atoms with Gasteiger partial charge in [0.15, 0.2) is 0 Å². The van der Waals surface area contributed by atoms with Crippen LogP contribution >= 0.6 is 11.6 Å². The van der Waals surface area contributed by atoms with Gasteiger partial charge in [0, 0.05) is 11.8 Å². The third-order valence-electron chi connectivity index (χ3n) is 3.44. The Bertz CT molecular complexity index is 810. The van der Waals surface area contributed by atoms with E-state index in [0.29, 0.717) is 33.6 Å². The Balaban J connectivity index is 1.99. The molecule has 0 saturated carbocycles. The molecule has 2 aromatic carbocycles. The topological polar surface area (TPSA) is 85.9 Å². The number of nitrogens with one attached hydrogen (secondary N) is 2. The summed E-state index contributed by atoms with van der Waals surface area (Å²) < 4.78 is 15.3. The zero-order valence-corrected chi connectivity index (χ0v) is 15.3. The van der Waals surface area contributed by atoms with Crippen molar-refractivity contribution in [2.24, 2.45) is 0 Å². The van der Waals surface area contributed by atoms with E-state index in [4.69, 9.17) is 25.8 Å². The molecule has 138 valence electrons. The summed E-state index contributed by atoms with van der Waals surface area (Å²) in [6, 6.07) is 9.77. The van der Waals surface area contributed by atoms with Crippen molar-refractivity contribution in [1.29, 1.82) is 0 Å². The fraction of sp³-hybridized carbons (Fsp3) is 0.222. The van der Waals surface area contributed by atoms with Gasteiger partial charge in [-0.25, -0.2) is 0 Å². The highest BCUT2D eigenvalue weighted by molar-refractivity contribution is 6.32. The molecule has 26 heavy (non-hydrogen) atoms. The molecule has 2 aromatic rings. The van der Waals surface area contributed by atoms with Crippen molar-refractivity contribution in [3.63, 3.8) is 0 Å². The number of carbonyl (C=O) groups is 2. The minimum Gasteiger partial charge on any atom is -0.497 e. The molecule has 2 rings (SSSR count). The van der Waals surface area contributed by atoms with E-state index in [2.05, 4.69) is 10.6 Å². The number of halogens is 1. The second-order valence-corrected chi connectivity index (χ2v) is 5.60. The van der Waals surface area contributed by atoms with E-state index in [0.717, 1.165) is 0 Å². The SMILES string of the molecule is COc1ccc(OC)c(NC(=O)CC(=O)Nc2ccc(OC)c(Cl)c2)c1. The van der Waals surface area contributed by atoms with Gasteiger partial charge >= 0.3 is 0 Å². The monoisotopic (exact) mass is 378 g/mol. The molecule has 0 fully saturated rings. The van der Waals surface area contributed by atoms with Crippen molar-refractivity contribution in [3.8, 4) is 17.2 Å². The van der Waals surface area contributed by atoms with Crippen LogP contribution in [0, 0.1) is 0 Å². The molecule has 7 nitrogen and oxygen atoms in total. The summed E-state index contributed by atoms with van der Waals surface area (Å²) in [6.07, 6.45) is -0.371. The number of methoxy groups -OCH3 is 3. The average Bonchev–Trinajstić information content (AvgIpc) is 2.61. The summed E-state index contributed by atoms with van der Waals surface area (Å²) in [6.45, 7) is 0. The molecule has 0 spiro atoms. The molecule has 0 aliphatic rings. The highest BCUT2D eigenvalue weighted by Gasteiger charge is 2.14. The number of hydrogen-bond donors (Lipinski definition) is 2. The lowest BCUT2D eigenvalue weighted by Gasteiger charge is -2.12. The lowest BCUT2D eigenvalue weighted by molar-refractivity contribution is -0.123. The molecule has 0 aromatic heterocycles. The van der Waals surface area contributed by atoms with Crippen LogP contribution in [0.5, 0.6) is 17.2 Å². The number of anilines is 2. The maximum atomic E-state index is 12.1. The molecule has 2 amide bonds. The lowest BCUT2D eigenvalue weighted by atomic mass is 10.2. The van der Waals surface area contributed by atoms with Gasteiger partial charge in [-0.3, -0.25) is 9.59 Å². The first-order chi connectivity index (χ1) is 12.5. The molecule has 2 N–H and O–H groups in total. The van der Waals surface area contributed by atoms with Crippen molar-refractivity contribution in [2.45, 2.75) is 6.42 Å². The van der Waals surface area contributed by atoms with Crippen molar-refractivity contribution in [2.75, 3.05) is 32.0 Å². The maximum Gasteiger partial charge on any atom is 0.233 e. The molecular weight excluding hydrogens is 360 g/mol. The van der Waals surface area contributed by atoms with E-state index in [1.54, 1.807) is 36.4 Å². The van der Waals surface area contributed by atoms with E-state index < -0.39 is 11.8 Å². The summed E-state index contributed by atoms with van der Waals surface area (Å²) in [5.41, 5.74) is 0.879. The van der Waals surface area contributed by atoms with Crippen LogP contribution in [0.25, 0.3) is 0 Å². The lowest BCUT2D eigenvalue weighted by Crippen LogP contribution is -2.21. The van der Waals surface area contributed by atoms with Gasteiger partial charge in [0.1, 0.15) is 23.7 Å². The van der Waals surface area contributed by atoms with Gasteiger partial charge in [0.2, 0.25) is 11.8 Å². The standard InChI is InChI=1S/C18H19ClN2O5/c1-24-12-5-7-16(26-3)14(9-12)21-18(23)10-17(22)20-11-4-6-15(25-2)13(19)8-11/h4-9H,10H2,1-3H3,(H,20,22)(H,21,23). The zero-order valence-electron chi connectivity index (χ0n) is 14.6. The van der Waals surface area contributed by atoms with Crippen LogP contribution in [0.4, 0.5) is 11.4 Å². The van der Waals surface area contributed by atoms with Crippen molar-refractivity contribution in [1.82, 2.24) is 0 Å². The van der Waals surface area contributed by atoms with Crippen LogP contribution < -0.4 is 24.8 Å². The Hall–Kier alpha value is -2.93. The number of amides is 2. The molecule has 0 atom stereocenters. The van der Waals surface area contributed by atoms with Crippen LogP contribution in [0.3, 0.4) is 0 Å². The number of ether oxygens (including phenoxy) is 3. The molecule has 0 aliphatic carbocycles. The molecule has 0 bridgehead atoms. The number of carbonyl (C=O) groups excluding carboxylic acids is 2. The summed E-state index contributed by atoms with van der Waals surface area (Å²) in [7, 11) is 4.50. The highest BCUT2D eigenvalue weighted by Crippen LogP contribution is 2.29. The first-order valence-corrected chi connectivity index (χ1v) is 8.00. The number of rotatable bonds is 7. The quantitative estimate of drug-likeness (QED) is 0.722. The van der Waals surface area contributed by atoms with E-state index in [9.17, 15) is 9.59 Å². The minimum atomic E-state index is -0.492. The van der Waals surface area contributed by atoms with E-state index in [1.807, 2.05) is 0 Å². The summed E-state index contributed by atoms with van der Waals surface area (Å²) in [5.74, 6) is 0.534. The van der Waals surface area contributed by atoms with Crippen molar-refractivity contribution < 1.29 is 23.8 Å². The Morgan fingerprint density at radius 2 is 1.54 bits per heavy atom. The van der Waals surface area contributed by atoms with E-state index in [1.165, 1.54) is 21.3 Å². The molecular formula is C18H19ClN2O5. The average molecular weight is 379 g/mol.